The summed E-state index contributed by atoms with van der Waals surface area (Å²) >= 11 is 5.98. The second-order valence-corrected chi connectivity index (χ2v) is 7.00. The molecule has 0 aliphatic heterocycles. The van der Waals surface area contributed by atoms with Crippen molar-refractivity contribution in [2.24, 2.45) is 5.92 Å². The van der Waals surface area contributed by atoms with Crippen molar-refractivity contribution >= 4 is 17.5 Å². The van der Waals surface area contributed by atoms with Crippen LogP contribution in [0.5, 0.6) is 0 Å². The van der Waals surface area contributed by atoms with Gasteiger partial charge in [-0.25, -0.2) is 0 Å². The molecule has 3 nitrogen and oxygen atoms in total. The van der Waals surface area contributed by atoms with E-state index in [4.69, 9.17) is 11.6 Å². The van der Waals surface area contributed by atoms with Gasteiger partial charge in [-0.05, 0) is 36.6 Å². The molecule has 0 spiro atoms. The van der Waals surface area contributed by atoms with Gasteiger partial charge in [0, 0.05) is 24.6 Å². The van der Waals surface area contributed by atoms with Crippen molar-refractivity contribution < 1.29 is 9.90 Å². The molecule has 1 saturated carbocycles. The first-order chi connectivity index (χ1) is 11.5. The third-order valence-corrected chi connectivity index (χ3v) is 5.50. The van der Waals surface area contributed by atoms with Gasteiger partial charge < -0.3 is 10.0 Å². The Morgan fingerprint density at radius 3 is 2.42 bits per heavy atom. The predicted molar refractivity (Wildman–Crippen MR) is 95.9 cm³/mol. The summed E-state index contributed by atoms with van der Waals surface area (Å²) in [5.74, 6) is 0.0248. The van der Waals surface area contributed by atoms with Gasteiger partial charge in [0.2, 0.25) is 5.91 Å². The van der Waals surface area contributed by atoms with Gasteiger partial charge in [-0.1, -0.05) is 54.1 Å². The second kappa shape index (κ2) is 6.58. The van der Waals surface area contributed by atoms with Crippen molar-refractivity contribution in [3.05, 3.63) is 70.7 Å². The third kappa shape index (κ3) is 2.83. The Labute approximate surface area is 147 Å². The minimum Gasteiger partial charge on any atom is -0.396 e. The molecule has 1 amide bonds. The summed E-state index contributed by atoms with van der Waals surface area (Å²) < 4.78 is 0. The van der Waals surface area contributed by atoms with Crippen LogP contribution in [-0.2, 0) is 10.2 Å². The average Bonchev–Trinajstić information content (AvgIpc) is 3.37. The molecule has 1 aliphatic carbocycles. The van der Waals surface area contributed by atoms with Gasteiger partial charge >= 0.3 is 0 Å². The maximum atomic E-state index is 13.3. The van der Waals surface area contributed by atoms with E-state index in [0.29, 0.717) is 11.4 Å². The number of rotatable bonds is 5. The molecule has 1 aliphatic rings. The highest BCUT2D eigenvalue weighted by atomic mass is 35.5. The molecule has 1 N–H and O–H groups in total. The Kier molecular flexibility index (Phi) is 4.66. The minimum atomic E-state index is -0.628. The van der Waals surface area contributed by atoms with Crippen LogP contribution in [0.25, 0.3) is 0 Å². The quantitative estimate of drug-likeness (QED) is 0.896. The topological polar surface area (TPSA) is 40.5 Å². The average molecular weight is 344 g/mol. The van der Waals surface area contributed by atoms with Crippen LogP contribution in [0.4, 0.5) is 0 Å². The van der Waals surface area contributed by atoms with E-state index < -0.39 is 5.41 Å². The summed E-state index contributed by atoms with van der Waals surface area (Å²) in [6.45, 7) is 2.04. The number of halogens is 1. The Hall–Kier alpha value is -1.84. The lowest BCUT2D eigenvalue weighted by molar-refractivity contribution is -0.135. The lowest BCUT2D eigenvalue weighted by Gasteiger charge is -2.30. The van der Waals surface area contributed by atoms with E-state index in [9.17, 15) is 9.90 Å². The molecule has 2 aromatic rings. The van der Waals surface area contributed by atoms with E-state index in [-0.39, 0.29) is 24.5 Å². The minimum absolute atomic E-state index is 0.0158. The largest absolute Gasteiger partial charge is 0.396 e. The molecule has 2 aromatic carbocycles. The van der Waals surface area contributed by atoms with Crippen LogP contribution < -0.4 is 0 Å². The summed E-state index contributed by atoms with van der Waals surface area (Å²) in [6.07, 6.45) is 0.676. The Morgan fingerprint density at radius 1 is 1.25 bits per heavy atom. The van der Waals surface area contributed by atoms with Crippen molar-refractivity contribution in [1.82, 2.24) is 4.90 Å². The lowest BCUT2D eigenvalue weighted by Crippen LogP contribution is -2.39. The van der Waals surface area contributed by atoms with Crippen molar-refractivity contribution in [3.8, 4) is 0 Å². The van der Waals surface area contributed by atoms with E-state index >= 15 is 0 Å². The second-order valence-electron chi connectivity index (χ2n) is 6.56. The fourth-order valence-corrected chi connectivity index (χ4v) is 3.61. The number of aliphatic hydroxyl groups excluding tert-OH is 1. The molecular formula is C20H22ClNO2. The molecule has 24 heavy (non-hydrogen) atoms. The maximum Gasteiger partial charge on any atom is 0.233 e. The van der Waals surface area contributed by atoms with Crippen LogP contribution in [0.3, 0.4) is 0 Å². The number of nitrogens with zero attached hydrogens (tertiary/aromatic N) is 1. The summed E-state index contributed by atoms with van der Waals surface area (Å²) in [7, 11) is 1.84. The zero-order chi connectivity index (χ0) is 17.3. The first-order valence-corrected chi connectivity index (χ1v) is 8.57. The number of amides is 1. The summed E-state index contributed by atoms with van der Waals surface area (Å²) in [6, 6.07) is 17.4. The van der Waals surface area contributed by atoms with Gasteiger partial charge in [0.1, 0.15) is 0 Å². The van der Waals surface area contributed by atoms with Gasteiger partial charge in [0.15, 0.2) is 0 Å². The zero-order valence-corrected chi connectivity index (χ0v) is 14.7. The molecular weight excluding hydrogens is 322 g/mol. The molecule has 0 radical (unpaired) electrons. The standard InChI is InChI=1S/C20H22ClNO2/c1-14(15-6-4-3-5-7-15)22(2)19(24)20(12-17(20)13-23)16-8-10-18(21)11-9-16/h3-11,14,17,23H,12-13H2,1-2H3/t14?,17-,20+/m0/s1. The van der Waals surface area contributed by atoms with Crippen molar-refractivity contribution in [2.45, 2.75) is 24.8 Å². The number of aliphatic hydroxyl groups is 1. The van der Waals surface area contributed by atoms with Gasteiger partial charge in [0.25, 0.3) is 0 Å². The van der Waals surface area contributed by atoms with Gasteiger partial charge in [0.05, 0.1) is 11.5 Å². The zero-order valence-electron chi connectivity index (χ0n) is 13.9. The van der Waals surface area contributed by atoms with Gasteiger partial charge in [-0.2, -0.15) is 0 Å². The molecule has 0 aromatic heterocycles. The SMILES string of the molecule is CC(c1ccccc1)N(C)C(=O)[C@@]1(c2ccc(Cl)cc2)C[C@H]1CO. The van der Waals surface area contributed by atoms with Crippen LogP contribution in [-0.4, -0.2) is 29.6 Å². The van der Waals surface area contributed by atoms with Gasteiger partial charge in [-0.15, -0.1) is 0 Å². The molecule has 0 saturated heterocycles. The monoisotopic (exact) mass is 343 g/mol. The maximum absolute atomic E-state index is 13.3. The number of likely N-dealkylation sites (N-methyl/N-ethyl adjacent to an activating group) is 1. The molecule has 3 atom stereocenters. The first kappa shape index (κ1) is 17.0. The fourth-order valence-electron chi connectivity index (χ4n) is 3.48. The number of hydrogen-bond acceptors (Lipinski definition) is 2. The summed E-state index contributed by atoms with van der Waals surface area (Å²) in [5.41, 5.74) is 1.40. The summed E-state index contributed by atoms with van der Waals surface area (Å²) in [5, 5.41) is 10.3. The predicted octanol–water partition coefficient (Wildman–Crippen LogP) is 3.81. The first-order valence-electron chi connectivity index (χ1n) is 8.20. The van der Waals surface area contributed by atoms with E-state index in [2.05, 4.69) is 0 Å². The van der Waals surface area contributed by atoms with Crippen LogP contribution in [0.1, 0.15) is 30.5 Å². The Morgan fingerprint density at radius 2 is 1.88 bits per heavy atom. The molecule has 0 bridgehead atoms. The van der Waals surface area contributed by atoms with Crippen molar-refractivity contribution in [2.75, 3.05) is 13.7 Å². The highest BCUT2D eigenvalue weighted by molar-refractivity contribution is 6.30. The number of hydrogen-bond donors (Lipinski definition) is 1. The molecule has 1 fully saturated rings. The normalized spacial score (nSPS) is 23.6. The molecule has 4 heteroatoms. The van der Waals surface area contributed by atoms with E-state index in [0.717, 1.165) is 11.1 Å². The smallest absolute Gasteiger partial charge is 0.233 e. The number of carbonyl (C=O) groups excluding carboxylic acids is 1. The van der Waals surface area contributed by atoms with Crippen LogP contribution >= 0.6 is 11.6 Å². The number of carbonyl (C=O) groups is 1. The molecule has 126 valence electrons. The van der Waals surface area contributed by atoms with E-state index in [1.807, 2.05) is 56.4 Å². The molecule has 1 unspecified atom stereocenters. The van der Waals surface area contributed by atoms with Gasteiger partial charge in [-0.3, -0.25) is 4.79 Å². The number of benzene rings is 2. The Bertz CT molecular complexity index is 716. The van der Waals surface area contributed by atoms with Crippen LogP contribution in [0.2, 0.25) is 5.02 Å². The lowest BCUT2D eigenvalue weighted by atomic mass is 9.90. The highest BCUT2D eigenvalue weighted by Gasteiger charge is 2.61. The molecule has 0 heterocycles. The Balaban J connectivity index is 1.89. The van der Waals surface area contributed by atoms with Crippen molar-refractivity contribution in [1.29, 1.82) is 0 Å². The highest BCUT2D eigenvalue weighted by Crippen LogP contribution is 2.55. The fraction of sp³-hybridized carbons (Fsp3) is 0.350. The van der Waals surface area contributed by atoms with E-state index in [1.165, 1.54) is 0 Å². The molecule has 3 rings (SSSR count). The van der Waals surface area contributed by atoms with Crippen molar-refractivity contribution in [3.63, 3.8) is 0 Å². The summed E-state index contributed by atoms with van der Waals surface area (Å²) in [4.78, 5) is 15.1. The van der Waals surface area contributed by atoms with Crippen LogP contribution in [0, 0.1) is 5.92 Å². The van der Waals surface area contributed by atoms with Crippen LogP contribution in [0.15, 0.2) is 54.6 Å². The third-order valence-electron chi connectivity index (χ3n) is 5.25. The van der Waals surface area contributed by atoms with E-state index in [1.54, 1.807) is 17.0 Å².